The number of hydrogen-bond donors (Lipinski definition) is 1. The maximum atomic E-state index is 11.9. The molecule has 30 heavy (non-hydrogen) atoms. The number of nitrogens with one attached hydrogen (secondary N) is 1. The van der Waals surface area contributed by atoms with Gasteiger partial charge >= 0.3 is 5.97 Å². The van der Waals surface area contributed by atoms with Gasteiger partial charge in [-0.3, -0.25) is 4.79 Å². The zero-order valence-electron chi connectivity index (χ0n) is 19.3. The molecule has 1 atom stereocenters. The number of esters is 1. The van der Waals surface area contributed by atoms with E-state index in [1.54, 1.807) is 19.1 Å². The fraction of sp³-hybridized carbons (Fsp3) is 0.760. The zero-order chi connectivity index (χ0) is 21.9. The van der Waals surface area contributed by atoms with Crippen LogP contribution in [0.3, 0.4) is 0 Å². The summed E-state index contributed by atoms with van der Waals surface area (Å²) in [6.07, 6.45) is 21.0. The van der Waals surface area contributed by atoms with E-state index in [0.717, 1.165) is 12.8 Å². The Hall–Kier alpha value is -1.78. The van der Waals surface area contributed by atoms with Gasteiger partial charge in [-0.2, -0.15) is 0 Å². The number of ether oxygens (including phenoxy) is 1. The Kier molecular flexibility index (Phi) is 15.8. The summed E-state index contributed by atoms with van der Waals surface area (Å²) < 4.78 is 10.3. The minimum absolute atomic E-state index is 0.192. The summed E-state index contributed by atoms with van der Waals surface area (Å²) in [4.78, 5) is 23.8. The van der Waals surface area contributed by atoms with Crippen LogP contribution in [0.5, 0.6) is 0 Å². The smallest absolute Gasteiger partial charge is 0.328 e. The maximum Gasteiger partial charge on any atom is 0.328 e. The van der Waals surface area contributed by atoms with Crippen molar-refractivity contribution in [1.82, 2.24) is 5.32 Å². The number of carbonyl (C=O) groups excluding carboxylic acids is 2. The molecule has 1 unspecified atom stereocenters. The van der Waals surface area contributed by atoms with Crippen LogP contribution in [0.2, 0.25) is 0 Å². The Morgan fingerprint density at radius 3 is 1.83 bits per heavy atom. The van der Waals surface area contributed by atoms with Crippen molar-refractivity contribution in [1.29, 1.82) is 0 Å². The van der Waals surface area contributed by atoms with Gasteiger partial charge in [0.1, 0.15) is 6.04 Å². The van der Waals surface area contributed by atoms with Crippen molar-refractivity contribution >= 4 is 11.9 Å². The Bertz CT molecular complexity index is 541. The first-order valence-corrected chi connectivity index (χ1v) is 12.2. The Morgan fingerprint density at radius 2 is 1.37 bits per heavy atom. The molecule has 1 N–H and O–H groups in total. The number of carbonyl (C=O) groups is 2. The highest BCUT2D eigenvalue weighted by molar-refractivity contribution is 5.94. The van der Waals surface area contributed by atoms with Gasteiger partial charge in [0.2, 0.25) is 0 Å². The third-order valence-corrected chi connectivity index (χ3v) is 5.44. The molecule has 1 aromatic heterocycles. The third kappa shape index (κ3) is 13.4. The maximum absolute atomic E-state index is 11.9. The highest BCUT2D eigenvalue weighted by Gasteiger charge is 2.19. The van der Waals surface area contributed by atoms with Gasteiger partial charge in [-0.05, 0) is 25.5 Å². The van der Waals surface area contributed by atoms with E-state index < -0.39 is 17.9 Å². The first-order valence-electron chi connectivity index (χ1n) is 12.2. The lowest BCUT2D eigenvalue weighted by atomic mass is 10.0. The summed E-state index contributed by atoms with van der Waals surface area (Å²) in [6, 6.07) is 2.51. The van der Waals surface area contributed by atoms with Crippen molar-refractivity contribution in [3.63, 3.8) is 0 Å². The summed E-state index contributed by atoms with van der Waals surface area (Å²) in [5, 5.41) is 2.58. The molecule has 172 valence electrons. The van der Waals surface area contributed by atoms with E-state index in [-0.39, 0.29) is 5.76 Å². The van der Waals surface area contributed by atoms with Crippen LogP contribution >= 0.6 is 0 Å². The van der Waals surface area contributed by atoms with Crippen molar-refractivity contribution in [3.05, 3.63) is 24.2 Å². The van der Waals surface area contributed by atoms with Gasteiger partial charge in [0, 0.05) is 0 Å². The van der Waals surface area contributed by atoms with Crippen molar-refractivity contribution in [2.45, 2.75) is 116 Å². The van der Waals surface area contributed by atoms with Crippen LogP contribution < -0.4 is 5.32 Å². The van der Waals surface area contributed by atoms with Gasteiger partial charge in [-0.25, -0.2) is 4.79 Å². The van der Waals surface area contributed by atoms with Gasteiger partial charge in [0.15, 0.2) is 5.76 Å². The van der Waals surface area contributed by atoms with Gasteiger partial charge < -0.3 is 14.5 Å². The van der Waals surface area contributed by atoms with E-state index >= 15 is 0 Å². The average Bonchev–Trinajstić information content (AvgIpc) is 3.28. The molecule has 0 aliphatic carbocycles. The monoisotopic (exact) mass is 421 g/mol. The molecule has 5 heteroatoms. The molecule has 0 radical (unpaired) electrons. The summed E-state index contributed by atoms with van der Waals surface area (Å²) in [5.41, 5.74) is 0. The molecule has 1 aromatic rings. The standard InChI is InChI=1S/C25H43NO4/c1-3-4-5-6-7-8-9-10-11-12-13-14-15-16-17-20-30-25(28)22(2)26-24(27)23-19-18-21-29-23/h18-19,21-22H,3-17,20H2,1-2H3,(H,26,27). The number of unbranched alkanes of at least 4 members (excludes halogenated alkanes) is 14. The van der Waals surface area contributed by atoms with Gasteiger partial charge in [-0.15, -0.1) is 0 Å². The van der Waals surface area contributed by atoms with Crippen LogP contribution in [0.15, 0.2) is 22.8 Å². The number of amides is 1. The lowest BCUT2D eigenvalue weighted by molar-refractivity contribution is -0.145. The topological polar surface area (TPSA) is 68.5 Å². The van der Waals surface area contributed by atoms with Gasteiger partial charge in [0.25, 0.3) is 5.91 Å². The molecule has 0 aromatic carbocycles. The fourth-order valence-corrected chi connectivity index (χ4v) is 3.51. The highest BCUT2D eigenvalue weighted by atomic mass is 16.5. The lowest BCUT2D eigenvalue weighted by Gasteiger charge is -2.12. The minimum atomic E-state index is -0.682. The Labute approximate surface area is 183 Å². The first-order chi connectivity index (χ1) is 14.6. The quantitative estimate of drug-likeness (QED) is 0.197. The number of furan rings is 1. The molecule has 0 bridgehead atoms. The van der Waals surface area contributed by atoms with Crippen molar-refractivity contribution < 1.29 is 18.7 Å². The number of rotatable bonds is 19. The summed E-state index contributed by atoms with van der Waals surface area (Å²) >= 11 is 0. The highest BCUT2D eigenvalue weighted by Crippen LogP contribution is 2.13. The molecule has 1 amide bonds. The van der Waals surface area contributed by atoms with Crippen LogP contribution in [0.4, 0.5) is 0 Å². The summed E-state index contributed by atoms with van der Waals surface area (Å²) in [7, 11) is 0. The molecule has 0 saturated heterocycles. The minimum Gasteiger partial charge on any atom is -0.464 e. The van der Waals surface area contributed by atoms with Crippen molar-refractivity contribution in [2.75, 3.05) is 6.61 Å². The second-order valence-electron chi connectivity index (χ2n) is 8.29. The van der Waals surface area contributed by atoms with E-state index in [9.17, 15) is 9.59 Å². The predicted octanol–water partition coefficient (Wildman–Crippen LogP) is 6.81. The molecular weight excluding hydrogens is 378 g/mol. The molecule has 1 heterocycles. The van der Waals surface area contributed by atoms with E-state index in [1.165, 1.54) is 89.7 Å². The third-order valence-electron chi connectivity index (χ3n) is 5.44. The first kappa shape index (κ1) is 26.3. The van der Waals surface area contributed by atoms with Crippen LogP contribution in [0, 0.1) is 0 Å². The normalized spacial score (nSPS) is 11.9. The summed E-state index contributed by atoms with van der Waals surface area (Å²) in [5.74, 6) is -0.617. The van der Waals surface area contributed by atoms with Crippen LogP contribution in [-0.2, 0) is 9.53 Å². The van der Waals surface area contributed by atoms with E-state index in [2.05, 4.69) is 12.2 Å². The lowest BCUT2D eigenvalue weighted by Crippen LogP contribution is -2.39. The van der Waals surface area contributed by atoms with Crippen LogP contribution in [0.25, 0.3) is 0 Å². The van der Waals surface area contributed by atoms with Gasteiger partial charge in [0.05, 0.1) is 12.9 Å². The van der Waals surface area contributed by atoms with E-state index in [1.807, 2.05) is 0 Å². The van der Waals surface area contributed by atoms with Crippen LogP contribution in [-0.4, -0.2) is 24.5 Å². The largest absolute Gasteiger partial charge is 0.464 e. The molecule has 1 rings (SSSR count). The average molecular weight is 422 g/mol. The van der Waals surface area contributed by atoms with E-state index in [0.29, 0.717) is 6.61 Å². The molecular formula is C25H43NO4. The molecule has 0 fully saturated rings. The van der Waals surface area contributed by atoms with Crippen molar-refractivity contribution in [3.8, 4) is 0 Å². The molecule has 0 spiro atoms. The Morgan fingerprint density at radius 1 is 0.867 bits per heavy atom. The molecule has 0 aliphatic rings. The molecule has 0 saturated carbocycles. The SMILES string of the molecule is CCCCCCCCCCCCCCCCCOC(=O)C(C)NC(=O)c1ccco1. The second-order valence-corrected chi connectivity index (χ2v) is 8.29. The predicted molar refractivity (Wildman–Crippen MR) is 122 cm³/mol. The van der Waals surface area contributed by atoms with E-state index in [4.69, 9.17) is 9.15 Å². The van der Waals surface area contributed by atoms with Crippen LogP contribution in [0.1, 0.15) is 121 Å². The number of hydrogen-bond acceptors (Lipinski definition) is 4. The van der Waals surface area contributed by atoms with Gasteiger partial charge in [-0.1, -0.05) is 96.8 Å². The Balaban J connectivity index is 1.84. The second kappa shape index (κ2) is 18.0. The molecule has 5 nitrogen and oxygen atoms in total. The van der Waals surface area contributed by atoms with Crippen molar-refractivity contribution in [2.24, 2.45) is 0 Å². The fourth-order valence-electron chi connectivity index (χ4n) is 3.51. The summed E-state index contributed by atoms with van der Waals surface area (Å²) in [6.45, 7) is 4.30. The zero-order valence-corrected chi connectivity index (χ0v) is 19.3. The molecule has 0 aliphatic heterocycles.